The topological polar surface area (TPSA) is 64.6 Å². The summed E-state index contributed by atoms with van der Waals surface area (Å²) in [6.07, 6.45) is 0.816. The van der Waals surface area contributed by atoms with Gasteiger partial charge in [0.25, 0.3) is 0 Å². The molecule has 0 saturated carbocycles. The van der Waals surface area contributed by atoms with Crippen molar-refractivity contribution in [3.8, 4) is 0 Å². The lowest BCUT2D eigenvalue weighted by molar-refractivity contribution is -0.204. The first-order chi connectivity index (χ1) is 10.3. The predicted molar refractivity (Wildman–Crippen MR) is 77.3 cm³/mol. The van der Waals surface area contributed by atoms with Crippen LogP contribution in [0.2, 0.25) is 0 Å². The van der Waals surface area contributed by atoms with E-state index in [0.717, 1.165) is 19.4 Å². The molecule has 0 aliphatic carbocycles. The summed E-state index contributed by atoms with van der Waals surface area (Å²) in [5.74, 6) is -0.228. The minimum absolute atomic E-state index is 0.0464. The van der Waals surface area contributed by atoms with Crippen molar-refractivity contribution in [1.29, 1.82) is 0 Å². The fraction of sp³-hybridized carbons (Fsp3) is 0.600. The normalized spacial score (nSPS) is 30.0. The van der Waals surface area contributed by atoms with Crippen molar-refractivity contribution >= 4 is 22.9 Å². The maximum absolute atomic E-state index is 12.4. The number of ether oxygens (including phenoxy) is 2. The van der Waals surface area contributed by atoms with E-state index in [1.54, 1.807) is 6.07 Å². The van der Waals surface area contributed by atoms with Crippen LogP contribution < -0.4 is 5.32 Å². The van der Waals surface area contributed by atoms with E-state index < -0.39 is 12.4 Å². The monoisotopic (exact) mass is 308 g/mol. The number of ketones is 2. The summed E-state index contributed by atoms with van der Waals surface area (Å²) in [4.78, 5) is 25.2. The van der Waals surface area contributed by atoms with Gasteiger partial charge in [-0.3, -0.25) is 9.59 Å². The average Bonchev–Trinajstić information content (AvgIpc) is 3.09. The summed E-state index contributed by atoms with van der Waals surface area (Å²) in [6, 6.07) is 4.61. The highest BCUT2D eigenvalue weighted by Crippen LogP contribution is 2.23. The molecule has 1 N–H and O–H groups in total. The highest BCUT2D eigenvalue weighted by atomic mass is 32.1. The van der Waals surface area contributed by atoms with E-state index in [1.165, 1.54) is 11.3 Å². The van der Waals surface area contributed by atoms with E-state index in [1.807, 2.05) is 5.38 Å². The van der Waals surface area contributed by atoms with Gasteiger partial charge in [-0.1, -0.05) is 0 Å². The lowest BCUT2D eigenvalue weighted by Gasteiger charge is -2.31. The third kappa shape index (κ3) is 3.40. The third-order valence-corrected chi connectivity index (χ3v) is 4.68. The van der Waals surface area contributed by atoms with Gasteiger partial charge < -0.3 is 14.8 Å². The minimum Gasteiger partial charge on any atom is -0.346 e. The molecule has 3 heterocycles. The van der Waals surface area contributed by atoms with Crippen LogP contribution in [-0.4, -0.2) is 43.7 Å². The van der Waals surface area contributed by atoms with E-state index in [-0.39, 0.29) is 17.5 Å². The van der Waals surface area contributed by atoms with Gasteiger partial charge in [-0.25, -0.2) is 0 Å². The van der Waals surface area contributed by atoms with Crippen molar-refractivity contribution in [3.63, 3.8) is 0 Å². The van der Waals surface area contributed by atoms with Crippen LogP contribution in [-0.2, 0) is 14.3 Å². The minimum atomic E-state index is -0.905. The molecular weight excluding hydrogens is 290 g/mol. The zero-order valence-electron chi connectivity index (χ0n) is 11.7. The largest absolute Gasteiger partial charge is 0.346 e. The molecule has 3 rings (SSSR count). The predicted octanol–water partition coefficient (Wildman–Crippen LogP) is 1.43. The van der Waals surface area contributed by atoms with E-state index in [0.29, 0.717) is 24.4 Å². The molecule has 21 heavy (non-hydrogen) atoms. The van der Waals surface area contributed by atoms with Gasteiger partial charge in [0.1, 0.15) is 6.10 Å². The Bertz CT molecular complexity index is 496. The van der Waals surface area contributed by atoms with Gasteiger partial charge in [0.2, 0.25) is 12.1 Å². The van der Waals surface area contributed by atoms with Gasteiger partial charge in [0.15, 0.2) is 5.78 Å². The van der Waals surface area contributed by atoms with E-state index in [9.17, 15) is 9.59 Å². The Labute approximate surface area is 127 Å². The number of piperidine rings is 1. The number of Topliss-reactive ketones (excluding diaryl/α,β-unsaturated/α-hetero) is 2. The molecule has 3 atom stereocenters. The van der Waals surface area contributed by atoms with E-state index >= 15 is 0 Å². The molecule has 6 heteroatoms. The second-order valence-corrected chi connectivity index (χ2v) is 6.24. The Kier molecular flexibility index (Phi) is 4.80. The standard InChI is InChI=1S/C15H18NO4S/c17-13(10-3-1-6-16-9-10)15-19-7-5-11(20-15)14(18)12-4-2-8-21-12/h2,8,10-11,15-16H,1,3,5-7,9H2. The number of hydrogen-bond acceptors (Lipinski definition) is 6. The van der Waals surface area contributed by atoms with Gasteiger partial charge in [-0.2, -0.15) is 0 Å². The molecule has 113 valence electrons. The summed E-state index contributed by atoms with van der Waals surface area (Å²) < 4.78 is 11.1. The molecule has 2 aliphatic rings. The molecule has 3 unspecified atom stereocenters. The number of nitrogens with one attached hydrogen (secondary N) is 1. The van der Waals surface area contributed by atoms with Crippen LogP contribution in [0.1, 0.15) is 28.9 Å². The first kappa shape index (κ1) is 14.8. The van der Waals surface area contributed by atoms with Crippen molar-refractivity contribution in [2.45, 2.75) is 31.7 Å². The molecule has 0 amide bonds. The zero-order chi connectivity index (χ0) is 14.7. The molecule has 5 nitrogen and oxygen atoms in total. The van der Waals surface area contributed by atoms with Crippen molar-refractivity contribution in [1.82, 2.24) is 5.32 Å². The second kappa shape index (κ2) is 6.79. The number of hydrogen-bond donors (Lipinski definition) is 1. The van der Waals surface area contributed by atoms with Crippen LogP contribution >= 0.6 is 11.3 Å². The van der Waals surface area contributed by atoms with Crippen molar-refractivity contribution in [3.05, 3.63) is 22.4 Å². The van der Waals surface area contributed by atoms with Crippen molar-refractivity contribution in [2.24, 2.45) is 5.92 Å². The number of rotatable bonds is 4. The average molecular weight is 308 g/mol. The summed E-state index contributed by atoms with van der Waals surface area (Å²) in [5.41, 5.74) is 0. The maximum Gasteiger partial charge on any atom is 0.218 e. The Balaban J connectivity index is 1.62. The van der Waals surface area contributed by atoms with E-state index in [4.69, 9.17) is 9.47 Å². The lowest BCUT2D eigenvalue weighted by atomic mass is 9.94. The van der Waals surface area contributed by atoms with Crippen LogP contribution in [0.3, 0.4) is 0 Å². The van der Waals surface area contributed by atoms with Gasteiger partial charge in [-0.05, 0) is 30.8 Å². The quantitative estimate of drug-likeness (QED) is 0.853. The van der Waals surface area contributed by atoms with Crippen LogP contribution in [0.5, 0.6) is 0 Å². The zero-order valence-corrected chi connectivity index (χ0v) is 12.5. The summed E-state index contributed by atoms with van der Waals surface area (Å²) in [7, 11) is 0. The van der Waals surface area contributed by atoms with Gasteiger partial charge >= 0.3 is 0 Å². The first-order valence-electron chi connectivity index (χ1n) is 7.26. The maximum atomic E-state index is 12.4. The van der Waals surface area contributed by atoms with Gasteiger partial charge in [0, 0.05) is 24.9 Å². The molecule has 1 aromatic heterocycles. The summed E-state index contributed by atoms with van der Waals surface area (Å²) >= 11 is 1.34. The lowest BCUT2D eigenvalue weighted by Crippen LogP contribution is -2.46. The van der Waals surface area contributed by atoms with Crippen LogP contribution in [0.15, 0.2) is 11.4 Å². The molecule has 1 radical (unpaired) electrons. The van der Waals surface area contributed by atoms with Gasteiger partial charge in [-0.15, -0.1) is 11.3 Å². The highest BCUT2D eigenvalue weighted by Gasteiger charge is 2.36. The van der Waals surface area contributed by atoms with Crippen molar-refractivity contribution < 1.29 is 19.1 Å². The third-order valence-electron chi connectivity index (χ3n) is 3.85. The molecule has 0 aromatic carbocycles. The van der Waals surface area contributed by atoms with Crippen molar-refractivity contribution in [2.75, 3.05) is 19.7 Å². The van der Waals surface area contributed by atoms with E-state index in [2.05, 4.69) is 11.4 Å². The molecule has 0 bridgehead atoms. The molecule has 2 aliphatic heterocycles. The Morgan fingerprint density at radius 2 is 2.29 bits per heavy atom. The molecule has 2 fully saturated rings. The van der Waals surface area contributed by atoms with Gasteiger partial charge in [0.05, 0.1) is 11.5 Å². The molecular formula is C15H18NO4S. The first-order valence-corrected chi connectivity index (χ1v) is 8.14. The smallest absolute Gasteiger partial charge is 0.218 e. The molecule has 2 saturated heterocycles. The molecule has 0 spiro atoms. The summed E-state index contributed by atoms with van der Waals surface area (Å²) in [5, 5.41) is 5.02. The fourth-order valence-electron chi connectivity index (χ4n) is 2.69. The number of carbonyl (C=O) groups excluding carboxylic acids is 2. The fourth-order valence-corrected chi connectivity index (χ4v) is 3.34. The summed E-state index contributed by atoms with van der Waals surface area (Å²) in [6.45, 7) is 1.99. The van der Waals surface area contributed by atoms with Crippen LogP contribution in [0, 0.1) is 12.0 Å². The number of carbonyl (C=O) groups is 2. The Morgan fingerprint density at radius 3 is 3.00 bits per heavy atom. The second-order valence-electron chi connectivity index (χ2n) is 5.32. The van der Waals surface area contributed by atoms with Crippen LogP contribution in [0.25, 0.3) is 0 Å². The highest BCUT2D eigenvalue weighted by molar-refractivity contribution is 7.12. The number of thiophene rings is 1. The Hall–Kier alpha value is -1.08. The Morgan fingerprint density at radius 1 is 1.38 bits per heavy atom. The SMILES string of the molecule is O=C(c1[c]ccs1)C1CCOC(C(=O)C2CCCNC2)O1. The van der Waals surface area contributed by atoms with Crippen LogP contribution in [0.4, 0.5) is 0 Å². The molecule has 1 aromatic rings.